The Hall–Kier alpha value is -1.57. The van der Waals surface area contributed by atoms with E-state index in [-0.39, 0.29) is 18.8 Å². The van der Waals surface area contributed by atoms with Gasteiger partial charge in [-0.15, -0.1) is 0 Å². The molecule has 2 aliphatic heterocycles. The van der Waals surface area contributed by atoms with Gasteiger partial charge in [-0.25, -0.2) is 0 Å². The van der Waals surface area contributed by atoms with E-state index in [1.54, 1.807) is 0 Å². The van der Waals surface area contributed by atoms with Crippen LogP contribution in [0.25, 0.3) is 0 Å². The van der Waals surface area contributed by atoms with Crippen molar-refractivity contribution in [3.63, 3.8) is 0 Å². The highest BCUT2D eigenvalue weighted by Gasteiger charge is 2.49. The van der Waals surface area contributed by atoms with Crippen LogP contribution in [0.5, 0.6) is 11.5 Å². The van der Waals surface area contributed by atoms with Crippen molar-refractivity contribution in [2.45, 2.75) is 148 Å². The van der Waals surface area contributed by atoms with Crippen molar-refractivity contribution in [3.8, 4) is 11.5 Å². The summed E-state index contributed by atoms with van der Waals surface area (Å²) >= 11 is 0. The highest BCUT2D eigenvalue weighted by Crippen LogP contribution is 2.54. The smallest absolute Gasteiger partial charge is 0.265 e. The van der Waals surface area contributed by atoms with E-state index in [0.717, 1.165) is 38.0 Å². The first-order valence-electron chi connectivity index (χ1n) is 16.9. The van der Waals surface area contributed by atoms with Crippen LogP contribution < -0.4 is 14.4 Å². The Labute approximate surface area is 252 Å². The average molecular weight is 590 g/mol. The zero-order chi connectivity index (χ0) is 29.6. The van der Waals surface area contributed by atoms with Gasteiger partial charge in [0.2, 0.25) is 0 Å². The Balaban J connectivity index is 1.72. The number of para-hydroxylation sites is 1. The van der Waals surface area contributed by atoms with Crippen LogP contribution in [0.1, 0.15) is 124 Å². The van der Waals surface area contributed by atoms with Gasteiger partial charge in [-0.2, -0.15) is 0 Å². The minimum atomic E-state index is -2.03. The predicted octanol–water partition coefficient (Wildman–Crippen LogP) is 9.41. The monoisotopic (exact) mass is 589 g/mol. The van der Waals surface area contributed by atoms with Gasteiger partial charge < -0.3 is 23.5 Å². The Morgan fingerprint density at radius 1 is 0.951 bits per heavy atom. The van der Waals surface area contributed by atoms with Gasteiger partial charge in [-0.3, -0.25) is 4.79 Å². The molecule has 1 aromatic rings. The van der Waals surface area contributed by atoms with E-state index in [9.17, 15) is 4.79 Å². The average Bonchev–Trinajstić information content (AvgIpc) is 2.99. The van der Waals surface area contributed by atoms with Gasteiger partial charge >= 0.3 is 0 Å². The van der Waals surface area contributed by atoms with Crippen LogP contribution in [-0.4, -0.2) is 46.9 Å². The molecule has 1 amide bonds. The zero-order valence-corrected chi connectivity index (χ0v) is 27.9. The van der Waals surface area contributed by atoms with Crippen molar-refractivity contribution < 1.29 is 23.4 Å². The maximum atomic E-state index is 13.0. The number of amides is 1. The number of fused-ring (bicyclic) bond motifs is 1. The van der Waals surface area contributed by atoms with Crippen LogP contribution >= 0.6 is 0 Å². The SMILES string of the molecule is CCCCC(CCCC)(CCCC)[Si](C)(CCCC)OCCCN1C(=O)COc2c(OC3CCCCO3)cccc21. The van der Waals surface area contributed by atoms with Crippen molar-refractivity contribution >= 4 is 19.9 Å². The summed E-state index contributed by atoms with van der Waals surface area (Å²) in [4.78, 5) is 14.9. The Kier molecular flexibility index (Phi) is 14.5. The minimum Gasteiger partial charge on any atom is -0.478 e. The van der Waals surface area contributed by atoms with Gasteiger partial charge in [0.1, 0.15) is 0 Å². The summed E-state index contributed by atoms with van der Waals surface area (Å²) < 4.78 is 25.0. The van der Waals surface area contributed by atoms with Gasteiger partial charge in [-0.05, 0) is 68.3 Å². The van der Waals surface area contributed by atoms with Crippen LogP contribution in [0.3, 0.4) is 0 Å². The second-order valence-electron chi connectivity index (χ2n) is 12.5. The largest absolute Gasteiger partial charge is 0.478 e. The van der Waals surface area contributed by atoms with Gasteiger partial charge in [-0.1, -0.05) is 85.1 Å². The van der Waals surface area contributed by atoms with E-state index in [0.29, 0.717) is 29.7 Å². The first kappa shape index (κ1) is 33.9. The van der Waals surface area contributed by atoms with Crippen molar-refractivity contribution in [1.82, 2.24) is 0 Å². The van der Waals surface area contributed by atoms with Crippen LogP contribution in [0.15, 0.2) is 18.2 Å². The Bertz CT molecular complexity index is 883. The first-order chi connectivity index (χ1) is 19.9. The molecule has 2 unspecified atom stereocenters. The van der Waals surface area contributed by atoms with E-state index >= 15 is 0 Å². The minimum absolute atomic E-state index is 0.00209. The summed E-state index contributed by atoms with van der Waals surface area (Å²) in [6, 6.07) is 7.07. The standard InChI is InChI=1S/C34H59NO5Si/c1-6-10-21-34(22-11-7-2,23-12-8-3)41(5,27-13-9-4)39-26-17-24-35-29-18-16-19-30(33(29)38-28-31(35)36)40-32-20-14-15-25-37-32/h16,18-19,32H,6-15,17,20-28H2,1-5H3. The van der Waals surface area contributed by atoms with Gasteiger partial charge in [0, 0.05) is 19.6 Å². The first-order valence-corrected chi connectivity index (χ1v) is 19.5. The maximum absolute atomic E-state index is 13.0. The second kappa shape index (κ2) is 17.5. The summed E-state index contributed by atoms with van der Waals surface area (Å²) in [5.74, 6) is 1.31. The third-order valence-electron chi connectivity index (χ3n) is 9.39. The van der Waals surface area contributed by atoms with Gasteiger partial charge in [0.15, 0.2) is 32.7 Å². The molecule has 0 bridgehead atoms. The maximum Gasteiger partial charge on any atom is 0.265 e. The molecule has 6 nitrogen and oxygen atoms in total. The molecule has 0 saturated carbocycles. The van der Waals surface area contributed by atoms with E-state index in [4.69, 9.17) is 18.6 Å². The number of benzene rings is 1. The lowest BCUT2D eigenvalue weighted by Crippen LogP contribution is -2.49. The molecule has 1 fully saturated rings. The number of hydrogen-bond acceptors (Lipinski definition) is 5. The molecule has 0 aromatic heterocycles. The lowest BCUT2D eigenvalue weighted by molar-refractivity contribution is -0.121. The predicted molar refractivity (Wildman–Crippen MR) is 172 cm³/mol. The van der Waals surface area contributed by atoms with E-state index in [1.807, 2.05) is 23.1 Å². The Morgan fingerprint density at radius 2 is 1.63 bits per heavy atom. The molecule has 2 heterocycles. The van der Waals surface area contributed by atoms with E-state index in [2.05, 4.69) is 34.2 Å². The number of rotatable bonds is 20. The third kappa shape index (κ3) is 9.20. The van der Waals surface area contributed by atoms with Crippen LogP contribution in [0.4, 0.5) is 5.69 Å². The molecule has 3 rings (SSSR count). The topological polar surface area (TPSA) is 57.2 Å². The fourth-order valence-corrected chi connectivity index (χ4v) is 11.5. The molecule has 234 valence electrons. The number of unbranched alkanes of at least 4 members (excludes halogenated alkanes) is 4. The number of ether oxygens (including phenoxy) is 3. The molecule has 0 spiro atoms. The third-order valence-corrected chi connectivity index (χ3v) is 14.5. The molecule has 2 atom stereocenters. The molecule has 1 aromatic carbocycles. The fourth-order valence-electron chi connectivity index (χ4n) is 6.73. The molecule has 2 aliphatic rings. The molecule has 0 N–H and O–H groups in total. The molecule has 0 aliphatic carbocycles. The molecular weight excluding hydrogens is 530 g/mol. The van der Waals surface area contributed by atoms with Crippen molar-refractivity contribution in [3.05, 3.63) is 18.2 Å². The van der Waals surface area contributed by atoms with Crippen LogP contribution in [-0.2, 0) is 14.0 Å². The second-order valence-corrected chi connectivity index (χ2v) is 16.8. The summed E-state index contributed by atoms with van der Waals surface area (Å²) in [7, 11) is -2.03. The molecule has 0 radical (unpaired) electrons. The number of nitrogens with zero attached hydrogens (tertiary/aromatic N) is 1. The summed E-state index contributed by atoms with van der Waals surface area (Å²) in [6.45, 7) is 13.9. The number of carbonyl (C=O) groups excluding carboxylic acids is 1. The molecule has 1 saturated heterocycles. The number of hydrogen-bond donors (Lipinski definition) is 0. The zero-order valence-electron chi connectivity index (χ0n) is 26.9. The highest BCUT2D eigenvalue weighted by molar-refractivity contribution is 6.75. The lowest BCUT2D eigenvalue weighted by atomic mass is 9.89. The Morgan fingerprint density at radius 3 is 2.24 bits per heavy atom. The number of carbonyl (C=O) groups is 1. The van der Waals surface area contributed by atoms with E-state index in [1.165, 1.54) is 76.7 Å². The van der Waals surface area contributed by atoms with Crippen molar-refractivity contribution in [2.24, 2.45) is 0 Å². The van der Waals surface area contributed by atoms with Gasteiger partial charge in [0.05, 0.1) is 12.3 Å². The lowest BCUT2D eigenvalue weighted by Gasteiger charge is -2.48. The van der Waals surface area contributed by atoms with Crippen LogP contribution in [0.2, 0.25) is 17.6 Å². The van der Waals surface area contributed by atoms with Crippen molar-refractivity contribution in [2.75, 3.05) is 31.3 Å². The van der Waals surface area contributed by atoms with Crippen molar-refractivity contribution in [1.29, 1.82) is 0 Å². The fraction of sp³-hybridized carbons (Fsp3) is 0.794. The molecular formula is C34H59NO5Si. The normalized spacial score (nSPS) is 19.0. The van der Waals surface area contributed by atoms with E-state index < -0.39 is 8.32 Å². The quantitative estimate of drug-likeness (QED) is 0.112. The summed E-state index contributed by atoms with van der Waals surface area (Å²) in [5.41, 5.74) is 0.795. The molecule has 7 heteroatoms. The summed E-state index contributed by atoms with van der Waals surface area (Å²) in [5, 5.41) is 0.346. The van der Waals surface area contributed by atoms with Crippen LogP contribution in [0, 0.1) is 0 Å². The number of anilines is 1. The van der Waals surface area contributed by atoms with Gasteiger partial charge in [0.25, 0.3) is 5.91 Å². The molecule has 41 heavy (non-hydrogen) atoms. The highest BCUT2D eigenvalue weighted by atomic mass is 28.4. The summed E-state index contributed by atoms with van der Waals surface area (Å²) in [6.07, 6.45) is 17.6.